The van der Waals surface area contributed by atoms with Gasteiger partial charge >= 0.3 is 0 Å². The van der Waals surface area contributed by atoms with Crippen molar-refractivity contribution in [3.8, 4) is 44.9 Å². The average molecular weight is 883 g/mol. The molecule has 4 heterocycles. The largest absolute Gasteiger partial charge is 0.491 e. The highest BCUT2D eigenvalue weighted by molar-refractivity contribution is 6.00. The molecule has 2 atom stereocenters. The van der Waals surface area contributed by atoms with Crippen LogP contribution in [0.2, 0.25) is 0 Å². The van der Waals surface area contributed by atoms with Crippen LogP contribution in [0, 0.1) is 0 Å². The van der Waals surface area contributed by atoms with Crippen molar-refractivity contribution in [2.75, 3.05) is 107 Å². The fraction of sp³-hybridized carbons (Fsp3) is 0.333. The zero-order chi connectivity index (χ0) is 45.3. The molecule has 12 heteroatoms. The van der Waals surface area contributed by atoms with Gasteiger partial charge in [-0.15, -0.1) is 0 Å². The molecule has 338 valence electrons. The lowest BCUT2D eigenvalue weighted by atomic mass is 9.94. The Balaban J connectivity index is 0.900. The van der Waals surface area contributed by atoms with Crippen LogP contribution in [0.4, 0.5) is 0 Å². The molecule has 4 aromatic carbocycles. The highest BCUT2D eigenvalue weighted by Crippen LogP contribution is 2.51. The van der Waals surface area contributed by atoms with Crippen LogP contribution in [0.3, 0.4) is 0 Å². The third-order valence-corrected chi connectivity index (χ3v) is 13.6. The monoisotopic (exact) mass is 882 g/mol. The SMILES string of the molecule is CN(C)CCOc1ccccc1C(=O)N1CCN(C2c3ccccc3-c3c(-c4ccc(OCCN(C)C)c(C(=O)N5CCN(C6c7ccccc7-c7cccnc76)CC5)c4)cncc32)CC1. The Labute approximate surface area is 388 Å². The second kappa shape index (κ2) is 18.8. The van der Waals surface area contributed by atoms with E-state index in [0.29, 0.717) is 75.1 Å². The zero-order valence-corrected chi connectivity index (χ0v) is 38.4. The zero-order valence-electron chi connectivity index (χ0n) is 38.4. The van der Waals surface area contributed by atoms with Gasteiger partial charge in [0.05, 0.1) is 28.9 Å². The molecule has 2 fully saturated rings. The van der Waals surface area contributed by atoms with Crippen molar-refractivity contribution < 1.29 is 19.1 Å². The van der Waals surface area contributed by atoms with Crippen LogP contribution in [0.15, 0.2) is 122 Å². The average Bonchev–Trinajstić information content (AvgIpc) is 3.87. The van der Waals surface area contributed by atoms with E-state index in [1.54, 1.807) is 0 Å². The summed E-state index contributed by atoms with van der Waals surface area (Å²) >= 11 is 0. The number of ether oxygens (including phenoxy) is 2. The Morgan fingerprint density at radius 2 is 1.12 bits per heavy atom. The minimum Gasteiger partial charge on any atom is -0.491 e. The summed E-state index contributed by atoms with van der Waals surface area (Å²) in [5, 5.41) is 0. The van der Waals surface area contributed by atoms with Crippen molar-refractivity contribution in [2.45, 2.75) is 12.1 Å². The van der Waals surface area contributed by atoms with E-state index >= 15 is 0 Å². The summed E-state index contributed by atoms with van der Waals surface area (Å²) in [6.07, 6.45) is 5.83. The maximum absolute atomic E-state index is 14.8. The molecule has 6 aromatic rings. The molecule has 0 saturated carbocycles. The summed E-state index contributed by atoms with van der Waals surface area (Å²) in [6.45, 7) is 7.71. The number of piperazine rings is 2. The number of pyridine rings is 2. The van der Waals surface area contributed by atoms with Crippen LogP contribution in [0.25, 0.3) is 33.4 Å². The Kier molecular flexibility index (Phi) is 12.4. The van der Waals surface area contributed by atoms with Crippen LogP contribution in [0.1, 0.15) is 55.2 Å². The highest BCUT2D eigenvalue weighted by Gasteiger charge is 2.39. The Bertz CT molecular complexity index is 2700. The number of aromatic nitrogens is 2. The molecule has 2 saturated heterocycles. The van der Waals surface area contributed by atoms with Crippen LogP contribution in [0.5, 0.6) is 11.5 Å². The summed E-state index contributed by atoms with van der Waals surface area (Å²) in [5.41, 5.74) is 12.5. The summed E-state index contributed by atoms with van der Waals surface area (Å²) in [6, 6.07) is 35.1. The van der Waals surface area contributed by atoms with Crippen LogP contribution >= 0.6 is 0 Å². The number of nitrogens with zero attached hydrogens (tertiary/aromatic N) is 8. The molecule has 2 aromatic heterocycles. The maximum atomic E-state index is 14.8. The van der Waals surface area contributed by atoms with E-state index in [9.17, 15) is 9.59 Å². The quantitative estimate of drug-likeness (QED) is 0.120. The van der Waals surface area contributed by atoms with Crippen molar-refractivity contribution >= 4 is 11.8 Å². The van der Waals surface area contributed by atoms with Crippen LogP contribution in [-0.2, 0) is 0 Å². The molecule has 0 N–H and O–H groups in total. The molecule has 2 aliphatic heterocycles. The van der Waals surface area contributed by atoms with Gasteiger partial charge < -0.3 is 29.1 Å². The summed E-state index contributed by atoms with van der Waals surface area (Å²) in [7, 11) is 8.06. The van der Waals surface area contributed by atoms with E-state index in [1.807, 2.05) is 99.0 Å². The molecule has 12 nitrogen and oxygen atoms in total. The van der Waals surface area contributed by atoms with Gasteiger partial charge in [-0.1, -0.05) is 72.8 Å². The standard InChI is InChI=1S/C54H58N8O4/c1-57(2)30-32-65-47-18-10-9-16-43(47)53(63)61-26-22-59(23-27-61)51-42-15-8-6-13-39(42)49-45(35-55-36-46(49)51)37-19-20-48(66-33-31-58(3)4)44(34-37)54(64)62-28-24-60(25-29-62)52-41-14-7-5-12-38(41)40-17-11-21-56-50(40)52/h5-21,34-36,51-52H,22-33H2,1-4H3. The summed E-state index contributed by atoms with van der Waals surface area (Å²) < 4.78 is 12.5. The number of fused-ring (bicyclic) bond motifs is 6. The number of carbonyl (C=O) groups excluding carboxylic acids is 2. The van der Waals surface area contributed by atoms with E-state index in [-0.39, 0.29) is 23.9 Å². The molecule has 0 bridgehead atoms. The Morgan fingerprint density at radius 1 is 0.561 bits per heavy atom. The van der Waals surface area contributed by atoms with Gasteiger partial charge in [-0.3, -0.25) is 29.4 Å². The van der Waals surface area contributed by atoms with Gasteiger partial charge in [-0.25, -0.2) is 0 Å². The van der Waals surface area contributed by atoms with Gasteiger partial charge in [0, 0.05) is 101 Å². The molecule has 2 aliphatic carbocycles. The number of carbonyl (C=O) groups is 2. The Hall–Kier alpha value is -6.44. The number of rotatable bonds is 13. The third-order valence-electron chi connectivity index (χ3n) is 13.6. The summed E-state index contributed by atoms with van der Waals surface area (Å²) in [5.74, 6) is 1.18. The van der Waals surface area contributed by atoms with E-state index in [1.165, 1.54) is 22.3 Å². The first-order chi connectivity index (χ1) is 32.2. The molecule has 2 amide bonds. The van der Waals surface area contributed by atoms with Crippen molar-refractivity contribution in [1.82, 2.24) is 39.4 Å². The van der Waals surface area contributed by atoms with Crippen LogP contribution in [-0.4, -0.2) is 158 Å². The minimum absolute atomic E-state index is 0.00434. The van der Waals surface area contributed by atoms with E-state index < -0.39 is 0 Å². The van der Waals surface area contributed by atoms with Gasteiger partial charge in [-0.05, 0) is 91.9 Å². The first-order valence-corrected chi connectivity index (χ1v) is 23.2. The van der Waals surface area contributed by atoms with Gasteiger partial charge in [0.1, 0.15) is 24.7 Å². The fourth-order valence-corrected chi connectivity index (χ4v) is 10.2. The van der Waals surface area contributed by atoms with Crippen LogP contribution < -0.4 is 9.47 Å². The lowest BCUT2D eigenvalue weighted by Gasteiger charge is -2.38. The normalized spacial score (nSPS) is 18.0. The van der Waals surface area contributed by atoms with Gasteiger partial charge in [0.25, 0.3) is 11.8 Å². The lowest BCUT2D eigenvalue weighted by molar-refractivity contribution is 0.0588. The van der Waals surface area contributed by atoms with Crippen molar-refractivity contribution in [1.29, 1.82) is 0 Å². The first-order valence-electron chi connectivity index (χ1n) is 23.2. The minimum atomic E-state index is -0.0318. The lowest BCUT2D eigenvalue weighted by Crippen LogP contribution is -2.49. The number of hydrogen-bond donors (Lipinski definition) is 0. The number of hydrogen-bond acceptors (Lipinski definition) is 10. The molecule has 66 heavy (non-hydrogen) atoms. The second-order valence-electron chi connectivity index (χ2n) is 18.2. The van der Waals surface area contributed by atoms with E-state index in [0.717, 1.165) is 59.7 Å². The number of benzene rings is 4. The predicted molar refractivity (Wildman–Crippen MR) is 258 cm³/mol. The first kappa shape index (κ1) is 43.5. The van der Waals surface area contributed by atoms with Gasteiger partial charge in [0.2, 0.25) is 0 Å². The van der Waals surface area contributed by atoms with Gasteiger partial charge in [-0.2, -0.15) is 0 Å². The van der Waals surface area contributed by atoms with Crippen molar-refractivity contribution in [3.63, 3.8) is 0 Å². The molecule has 4 aliphatic rings. The molecular weight excluding hydrogens is 825 g/mol. The Morgan fingerprint density at radius 3 is 1.80 bits per heavy atom. The summed E-state index contributed by atoms with van der Waals surface area (Å²) in [4.78, 5) is 51.5. The van der Waals surface area contributed by atoms with E-state index in [2.05, 4.69) is 80.3 Å². The molecule has 10 rings (SSSR count). The molecule has 0 radical (unpaired) electrons. The second-order valence-corrected chi connectivity index (χ2v) is 18.2. The highest BCUT2D eigenvalue weighted by atomic mass is 16.5. The fourth-order valence-electron chi connectivity index (χ4n) is 10.2. The van der Waals surface area contributed by atoms with Crippen molar-refractivity contribution in [2.24, 2.45) is 0 Å². The van der Waals surface area contributed by atoms with Crippen molar-refractivity contribution in [3.05, 3.63) is 155 Å². The smallest absolute Gasteiger partial charge is 0.257 e. The third kappa shape index (κ3) is 8.34. The molecular formula is C54H58N8O4. The number of likely N-dealkylation sites (N-methyl/N-ethyl adjacent to an activating group) is 2. The molecule has 0 spiro atoms. The predicted octanol–water partition coefficient (Wildman–Crippen LogP) is 7.08. The topological polar surface area (TPSA) is 97.8 Å². The number of amides is 2. The number of para-hydroxylation sites is 1. The van der Waals surface area contributed by atoms with E-state index in [4.69, 9.17) is 19.4 Å². The van der Waals surface area contributed by atoms with Gasteiger partial charge in [0.15, 0.2) is 0 Å². The molecule has 2 unspecified atom stereocenters. The maximum Gasteiger partial charge on any atom is 0.257 e.